The van der Waals surface area contributed by atoms with E-state index in [1.807, 2.05) is 12.2 Å². The Kier molecular flexibility index (Phi) is 42.3. The zero-order valence-corrected chi connectivity index (χ0v) is 37.2. The number of unbranched alkanes of at least 4 members (excludes halogenated alkanes) is 21. The number of amides is 1. The molecule has 0 rings (SSSR count). The van der Waals surface area contributed by atoms with Gasteiger partial charge in [0.1, 0.15) is 6.10 Å². The number of aliphatic hydroxyl groups is 2. The smallest absolute Gasteiger partial charge is 0.306 e. The van der Waals surface area contributed by atoms with Crippen molar-refractivity contribution in [2.24, 2.45) is 0 Å². The molecule has 0 aliphatic carbocycles. The topological polar surface area (TPSA) is 95.9 Å². The molecule has 0 radical (unpaired) electrons. The SMILES string of the molecule is CC/C=C/C=C/C=C\CCCCCCCC(=O)OC(CCCCC\C=C/C=C/C=C/CC)CC(=O)NC(CO)C(O)CCCCCCCCCCCCCCCC. The zero-order valence-electron chi connectivity index (χ0n) is 37.2. The van der Waals surface area contributed by atoms with Crippen LogP contribution in [0.5, 0.6) is 0 Å². The quantitative estimate of drug-likeness (QED) is 0.0325. The average molecular weight is 796 g/mol. The van der Waals surface area contributed by atoms with Crippen LogP contribution in [0, 0.1) is 0 Å². The molecule has 3 unspecified atom stereocenters. The number of carbonyl (C=O) groups excluding carboxylic acids is 2. The molecule has 6 nitrogen and oxygen atoms in total. The third kappa shape index (κ3) is 39.9. The summed E-state index contributed by atoms with van der Waals surface area (Å²) < 4.78 is 5.88. The van der Waals surface area contributed by atoms with Crippen molar-refractivity contribution >= 4 is 11.9 Å². The number of aliphatic hydroxyl groups excluding tert-OH is 2. The van der Waals surface area contributed by atoms with Crippen molar-refractivity contribution in [1.29, 1.82) is 0 Å². The lowest BCUT2D eigenvalue weighted by Crippen LogP contribution is -2.46. The largest absolute Gasteiger partial charge is 0.462 e. The van der Waals surface area contributed by atoms with E-state index in [2.05, 4.69) is 86.8 Å². The zero-order chi connectivity index (χ0) is 41.7. The third-order valence-electron chi connectivity index (χ3n) is 10.4. The van der Waals surface area contributed by atoms with E-state index in [0.717, 1.165) is 96.3 Å². The highest BCUT2D eigenvalue weighted by molar-refractivity contribution is 5.77. The lowest BCUT2D eigenvalue weighted by Gasteiger charge is -2.24. The van der Waals surface area contributed by atoms with Crippen LogP contribution in [0.3, 0.4) is 0 Å². The van der Waals surface area contributed by atoms with Crippen molar-refractivity contribution in [1.82, 2.24) is 5.32 Å². The molecule has 0 fully saturated rings. The summed E-state index contributed by atoms with van der Waals surface area (Å²) in [6, 6.07) is -0.718. The van der Waals surface area contributed by atoms with Crippen LogP contribution in [0.15, 0.2) is 72.9 Å². The van der Waals surface area contributed by atoms with Crippen LogP contribution in [0.2, 0.25) is 0 Å². The predicted molar refractivity (Wildman–Crippen MR) is 245 cm³/mol. The maximum Gasteiger partial charge on any atom is 0.306 e. The second-order valence-electron chi connectivity index (χ2n) is 15.9. The summed E-state index contributed by atoms with van der Waals surface area (Å²) in [4.78, 5) is 26.0. The molecule has 3 N–H and O–H groups in total. The van der Waals surface area contributed by atoms with E-state index >= 15 is 0 Å². The molecule has 0 saturated carbocycles. The highest BCUT2D eigenvalue weighted by Crippen LogP contribution is 2.17. The van der Waals surface area contributed by atoms with E-state index in [9.17, 15) is 19.8 Å². The molecule has 0 saturated heterocycles. The first-order valence-corrected chi connectivity index (χ1v) is 23.7. The first-order valence-electron chi connectivity index (χ1n) is 23.7. The van der Waals surface area contributed by atoms with Crippen LogP contribution in [0.4, 0.5) is 0 Å². The number of allylic oxidation sites excluding steroid dienone is 12. The van der Waals surface area contributed by atoms with E-state index < -0.39 is 18.2 Å². The Morgan fingerprint density at radius 3 is 1.44 bits per heavy atom. The summed E-state index contributed by atoms with van der Waals surface area (Å²) in [5.74, 6) is -0.538. The second-order valence-corrected chi connectivity index (χ2v) is 15.9. The lowest BCUT2D eigenvalue weighted by molar-refractivity contribution is -0.151. The fourth-order valence-corrected chi connectivity index (χ4v) is 6.84. The molecule has 0 aromatic heterocycles. The third-order valence-corrected chi connectivity index (χ3v) is 10.4. The number of ether oxygens (including phenoxy) is 1. The van der Waals surface area contributed by atoms with Gasteiger partial charge in [-0.2, -0.15) is 0 Å². The van der Waals surface area contributed by atoms with Gasteiger partial charge in [-0.25, -0.2) is 0 Å². The van der Waals surface area contributed by atoms with Gasteiger partial charge in [0.2, 0.25) is 5.91 Å². The number of hydrogen-bond acceptors (Lipinski definition) is 5. The fraction of sp³-hybridized carbons (Fsp3) is 0.725. The van der Waals surface area contributed by atoms with Crippen LogP contribution in [-0.2, 0) is 14.3 Å². The molecule has 6 heteroatoms. The fourth-order valence-electron chi connectivity index (χ4n) is 6.84. The van der Waals surface area contributed by atoms with Gasteiger partial charge in [-0.15, -0.1) is 0 Å². The van der Waals surface area contributed by atoms with E-state index in [4.69, 9.17) is 4.74 Å². The van der Waals surface area contributed by atoms with Gasteiger partial charge in [-0.1, -0.05) is 209 Å². The van der Waals surface area contributed by atoms with Crippen LogP contribution in [0.25, 0.3) is 0 Å². The molecule has 0 aliphatic heterocycles. The summed E-state index contributed by atoms with van der Waals surface area (Å²) in [5, 5.41) is 23.7. The van der Waals surface area contributed by atoms with Gasteiger partial charge in [0.15, 0.2) is 0 Å². The van der Waals surface area contributed by atoms with E-state index in [1.165, 1.54) is 70.6 Å². The first kappa shape index (κ1) is 54.3. The van der Waals surface area contributed by atoms with Gasteiger partial charge in [-0.05, 0) is 64.2 Å². The minimum absolute atomic E-state index is 0.0430. The van der Waals surface area contributed by atoms with Crippen molar-refractivity contribution in [3.63, 3.8) is 0 Å². The number of rotatable bonds is 41. The van der Waals surface area contributed by atoms with Crippen LogP contribution in [-0.4, -0.2) is 46.9 Å². The van der Waals surface area contributed by atoms with E-state index in [-0.39, 0.29) is 24.9 Å². The average Bonchev–Trinajstić information content (AvgIpc) is 3.20. The molecule has 57 heavy (non-hydrogen) atoms. The minimum atomic E-state index is -0.802. The van der Waals surface area contributed by atoms with Gasteiger partial charge in [0.05, 0.1) is 25.2 Å². The maximum atomic E-state index is 13.1. The summed E-state index contributed by atoms with van der Waals surface area (Å²) in [6.07, 6.45) is 55.3. The highest BCUT2D eigenvalue weighted by atomic mass is 16.5. The molecular formula is C51H89NO5. The maximum absolute atomic E-state index is 13.1. The number of carbonyl (C=O) groups is 2. The molecule has 0 aromatic rings. The Morgan fingerprint density at radius 2 is 0.947 bits per heavy atom. The molecule has 0 spiro atoms. The normalized spacial score (nSPS) is 14.0. The monoisotopic (exact) mass is 796 g/mol. The standard InChI is InChI=1S/C51H89NO5/c1-4-7-10-13-16-19-22-24-26-28-31-34-37-40-43-49(54)48(46-53)52-50(55)45-47(42-39-36-33-30-27-21-18-15-12-9-6-3)57-51(56)44-41-38-35-32-29-25-23-20-17-14-11-8-5-2/h8-9,11-12,14-15,17-18,20-21,23,27,47-49,53-54H,4-7,10,13,16,19,22,24-26,28-46H2,1-3H3,(H,52,55)/b11-8+,12-9+,17-14+,18-15+,23-20-,27-21-. The predicted octanol–water partition coefficient (Wildman–Crippen LogP) is 13.8. The molecule has 3 atom stereocenters. The van der Waals surface area contributed by atoms with Crippen LogP contribution >= 0.6 is 0 Å². The second kappa shape index (κ2) is 44.4. The van der Waals surface area contributed by atoms with Crippen LogP contribution in [0.1, 0.15) is 213 Å². The molecule has 0 aliphatic rings. The van der Waals surface area contributed by atoms with Crippen molar-refractivity contribution < 1.29 is 24.5 Å². The van der Waals surface area contributed by atoms with Crippen molar-refractivity contribution in [3.8, 4) is 0 Å². The highest BCUT2D eigenvalue weighted by Gasteiger charge is 2.24. The molecule has 0 heterocycles. The number of hydrogen-bond donors (Lipinski definition) is 3. The summed E-state index contributed by atoms with van der Waals surface area (Å²) >= 11 is 0. The molecule has 328 valence electrons. The summed E-state index contributed by atoms with van der Waals surface area (Å²) in [6.45, 7) is 6.19. The molecule has 1 amide bonds. The number of esters is 1. The van der Waals surface area contributed by atoms with Crippen molar-refractivity contribution in [3.05, 3.63) is 72.9 Å². The first-order chi connectivity index (χ1) is 28.0. The Bertz CT molecular complexity index is 1070. The summed E-state index contributed by atoms with van der Waals surface area (Å²) in [5.41, 5.74) is 0. The number of nitrogens with one attached hydrogen (secondary N) is 1. The van der Waals surface area contributed by atoms with Crippen LogP contribution < -0.4 is 5.32 Å². The lowest BCUT2D eigenvalue weighted by atomic mass is 10.0. The Morgan fingerprint density at radius 1 is 0.526 bits per heavy atom. The van der Waals surface area contributed by atoms with Crippen molar-refractivity contribution in [2.75, 3.05) is 6.61 Å². The Balaban J connectivity index is 4.62. The van der Waals surface area contributed by atoms with Crippen molar-refractivity contribution in [2.45, 2.75) is 232 Å². The minimum Gasteiger partial charge on any atom is -0.462 e. The Hall–Kier alpha value is -2.70. The molecule has 0 aromatic carbocycles. The van der Waals surface area contributed by atoms with E-state index in [1.54, 1.807) is 0 Å². The van der Waals surface area contributed by atoms with Gasteiger partial charge in [0.25, 0.3) is 0 Å². The van der Waals surface area contributed by atoms with Gasteiger partial charge < -0.3 is 20.3 Å². The molecule has 0 bridgehead atoms. The molecular weight excluding hydrogens is 707 g/mol. The van der Waals surface area contributed by atoms with E-state index in [0.29, 0.717) is 19.3 Å². The Labute approximate surface area is 351 Å². The van der Waals surface area contributed by atoms with Gasteiger partial charge in [0, 0.05) is 6.42 Å². The summed E-state index contributed by atoms with van der Waals surface area (Å²) in [7, 11) is 0. The van der Waals surface area contributed by atoms with Gasteiger partial charge >= 0.3 is 5.97 Å². The van der Waals surface area contributed by atoms with Gasteiger partial charge in [-0.3, -0.25) is 9.59 Å².